The Morgan fingerprint density at radius 2 is 2.22 bits per heavy atom. The van der Waals surface area contributed by atoms with Gasteiger partial charge in [0.15, 0.2) is 0 Å². The number of nitrogen functional groups attached to an aromatic ring is 1. The van der Waals surface area contributed by atoms with Crippen LogP contribution in [0.3, 0.4) is 0 Å². The standard InChI is InChI=1S/C17H18N6O4/c1-26-11-5-9-8(4-10(11)14(18)25)13-16(27-17(19)22-13)23-15(9)20-6-7-2-3-12(24)21-7/h4-5,7H,2-3,6H2,1H3,(H2,18,25)(H2,19,22)(H,20,23)(H,21,24). The van der Waals surface area contributed by atoms with Gasteiger partial charge in [-0.1, -0.05) is 0 Å². The van der Waals surface area contributed by atoms with Crippen LogP contribution in [0.1, 0.15) is 23.2 Å². The maximum absolute atomic E-state index is 11.8. The number of pyridine rings is 1. The second kappa shape index (κ2) is 6.31. The summed E-state index contributed by atoms with van der Waals surface area (Å²) in [4.78, 5) is 31.8. The van der Waals surface area contributed by atoms with Crippen molar-refractivity contribution in [3.63, 3.8) is 0 Å². The lowest BCUT2D eigenvalue weighted by Crippen LogP contribution is -2.32. The van der Waals surface area contributed by atoms with Gasteiger partial charge in [-0.2, -0.15) is 9.97 Å². The minimum absolute atomic E-state index is 0.0108. The molecule has 0 spiro atoms. The highest BCUT2D eigenvalue weighted by molar-refractivity contribution is 6.11. The van der Waals surface area contributed by atoms with Gasteiger partial charge in [0.2, 0.25) is 5.91 Å². The van der Waals surface area contributed by atoms with Gasteiger partial charge in [0.1, 0.15) is 17.1 Å². The highest BCUT2D eigenvalue weighted by atomic mass is 16.5. The van der Waals surface area contributed by atoms with Crippen molar-refractivity contribution in [3.8, 4) is 5.75 Å². The van der Waals surface area contributed by atoms with Gasteiger partial charge in [-0.3, -0.25) is 9.59 Å². The molecule has 1 fully saturated rings. The first-order valence-electron chi connectivity index (χ1n) is 8.37. The van der Waals surface area contributed by atoms with Gasteiger partial charge in [-0.05, 0) is 18.6 Å². The monoisotopic (exact) mass is 370 g/mol. The smallest absolute Gasteiger partial charge is 0.294 e. The van der Waals surface area contributed by atoms with Crippen LogP contribution in [0.5, 0.6) is 5.75 Å². The number of nitrogens with zero attached hydrogens (tertiary/aromatic N) is 2. The van der Waals surface area contributed by atoms with E-state index in [1.807, 2.05) is 0 Å². The predicted molar refractivity (Wildman–Crippen MR) is 98.4 cm³/mol. The fourth-order valence-electron chi connectivity index (χ4n) is 3.26. The van der Waals surface area contributed by atoms with E-state index in [1.165, 1.54) is 7.11 Å². The van der Waals surface area contributed by atoms with Crippen LogP contribution in [0.25, 0.3) is 22.0 Å². The summed E-state index contributed by atoms with van der Waals surface area (Å²) < 4.78 is 10.7. The summed E-state index contributed by atoms with van der Waals surface area (Å²) in [5.41, 5.74) is 12.0. The lowest BCUT2D eigenvalue weighted by molar-refractivity contribution is -0.119. The van der Waals surface area contributed by atoms with Crippen molar-refractivity contribution in [1.82, 2.24) is 15.3 Å². The van der Waals surface area contributed by atoms with E-state index in [-0.39, 0.29) is 29.2 Å². The number of benzene rings is 1. The third-order valence-electron chi connectivity index (χ3n) is 4.56. The van der Waals surface area contributed by atoms with Gasteiger partial charge in [0, 0.05) is 29.8 Å². The van der Waals surface area contributed by atoms with Gasteiger partial charge in [0.05, 0.1) is 12.7 Å². The van der Waals surface area contributed by atoms with Crippen molar-refractivity contribution < 1.29 is 18.7 Å². The number of anilines is 2. The zero-order chi connectivity index (χ0) is 19.1. The van der Waals surface area contributed by atoms with Crippen LogP contribution >= 0.6 is 0 Å². The summed E-state index contributed by atoms with van der Waals surface area (Å²) >= 11 is 0. The average molecular weight is 370 g/mol. The number of nitrogens with one attached hydrogen (secondary N) is 2. The second-order valence-corrected chi connectivity index (χ2v) is 6.31. The summed E-state index contributed by atoms with van der Waals surface area (Å²) in [6, 6.07) is 3.24. The molecule has 1 aliphatic heterocycles. The number of carbonyl (C=O) groups excluding carboxylic acids is 2. The minimum atomic E-state index is -0.627. The number of rotatable bonds is 5. The van der Waals surface area contributed by atoms with Crippen LogP contribution < -0.4 is 26.8 Å². The van der Waals surface area contributed by atoms with E-state index in [0.29, 0.717) is 40.8 Å². The molecule has 3 aromatic rings. The van der Waals surface area contributed by atoms with Crippen molar-refractivity contribution in [2.45, 2.75) is 18.9 Å². The molecule has 0 saturated carbocycles. The maximum Gasteiger partial charge on any atom is 0.294 e. The van der Waals surface area contributed by atoms with Crippen molar-refractivity contribution in [3.05, 3.63) is 17.7 Å². The molecule has 1 saturated heterocycles. The Labute approximate surface area is 153 Å². The quantitative estimate of drug-likeness (QED) is 0.512. The number of carbonyl (C=O) groups is 2. The largest absolute Gasteiger partial charge is 0.496 e. The number of oxazole rings is 1. The summed E-state index contributed by atoms with van der Waals surface area (Å²) in [7, 11) is 1.45. The van der Waals surface area contributed by atoms with E-state index >= 15 is 0 Å². The molecule has 2 amide bonds. The van der Waals surface area contributed by atoms with Gasteiger partial charge in [-0.25, -0.2) is 0 Å². The average Bonchev–Trinajstić information content (AvgIpc) is 3.22. The van der Waals surface area contributed by atoms with Gasteiger partial charge < -0.3 is 31.3 Å². The number of aromatic nitrogens is 2. The number of hydrogen-bond acceptors (Lipinski definition) is 8. The summed E-state index contributed by atoms with van der Waals surface area (Å²) in [6.07, 6.45) is 1.25. The summed E-state index contributed by atoms with van der Waals surface area (Å²) in [5, 5.41) is 7.39. The normalized spacial score (nSPS) is 16.6. The van der Waals surface area contributed by atoms with Crippen LogP contribution in [0.2, 0.25) is 0 Å². The van der Waals surface area contributed by atoms with E-state index in [1.54, 1.807) is 12.1 Å². The fraction of sp³-hybridized carbons (Fsp3) is 0.294. The molecule has 0 aliphatic carbocycles. The Bertz CT molecular complexity index is 1080. The number of hydrogen-bond donors (Lipinski definition) is 4. The lowest BCUT2D eigenvalue weighted by Gasteiger charge is -2.15. The Kier molecular flexibility index (Phi) is 3.94. The number of fused-ring (bicyclic) bond motifs is 3. The Morgan fingerprint density at radius 1 is 1.41 bits per heavy atom. The molecular weight excluding hydrogens is 352 g/mol. The topological polar surface area (TPSA) is 158 Å². The van der Waals surface area contributed by atoms with E-state index in [0.717, 1.165) is 6.42 Å². The fourth-order valence-corrected chi connectivity index (χ4v) is 3.26. The first-order chi connectivity index (χ1) is 13.0. The van der Waals surface area contributed by atoms with E-state index < -0.39 is 5.91 Å². The van der Waals surface area contributed by atoms with Crippen LogP contribution in [-0.4, -0.2) is 41.5 Å². The molecule has 0 radical (unpaired) electrons. The Balaban J connectivity index is 1.85. The Hall–Kier alpha value is -3.56. The maximum atomic E-state index is 11.8. The van der Waals surface area contributed by atoms with Crippen LogP contribution in [-0.2, 0) is 4.79 Å². The molecule has 3 heterocycles. The van der Waals surface area contributed by atoms with E-state index in [4.69, 9.17) is 20.6 Å². The van der Waals surface area contributed by atoms with Crippen LogP contribution in [0.4, 0.5) is 11.8 Å². The molecule has 2 aromatic heterocycles. The van der Waals surface area contributed by atoms with E-state index in [2.05, 4.69) is 20.6 Å². The summed E-state index contributed by atoms with van der Waals surface area (Å²) in [5.74, 6) is 0.234. The van der Waals surface area contributed by atoms with Crippen molar-refractivity contribution >= 4 is 45.6 Å². The first-order valence-corrected chi connectivity index (χ1v) is 8.37. The SMILES string of the molecule is COc1cc2c(NCC3CCC(=O)N3)nc3oc(N)nc3c2cc1C(N)=O. The molecule has 4 rings (SSSR count). The van der Waals surface area contributed by atoms with Crippen molar-refractivity contribution in [1.29, 1.82) is 0 Å². The molecule has 6 N–H and O–H groups in total. The van der Waals surface area contributed by atoms with Crippen LogP contribution in [0, 0.1) is 0 Å². The number of amides is 2. The predicted octanol–water partition coefficient (Wildman–Crippen LogP) is 0.756. The third-order valence-corrected chi connectivity index (χ3v) is 4.56. The van der Waals surface area contributed by atoms with Crippen LogP contribution in [0.15, 0.2) is 16.5 Å². The summed E-state index contributed by atoms with van der Waals surface area (Å²) in [6.45, 7) is 0.489. The molecule has 1 unspecified atom stereocenters. The third kappa shape index (κ3) is 2.94. The second-order valence-electron chi connectivity index (χ2n) is 6.31. The number of primary amides is 1. The Morgan fingerprint density at radius 3 is 2.89 bits per heavy atom. The molecule has 10 heteroatoms. The minimum Gasteiger partial charge on any atom is -0.496 e. The van der Waals surface area contributed by atoms with E-state index in [9.17, 15) is 9.59 Å². The highest BCUT2D eigenvalue weighted by Gasteiger charge is 2.22. The molecule has 10 nitrogen and oxygen atoms in total. The highest BCUT2D eigenvalue weighted by Crippen LogP contribution is 2.35. The van der Waals surface area contributed by atoms with Crippen molar-refractivity contribution in [2.24, 2.45) is 5.73 Å². The number of ether oxygens (including phenoxy) is 1. The molecule has 1 atom stereocenters. The van der Waals surface area contributed by atoms with Gasteiger partial charge in [-0.15, -0.1) is 0 Å². The van der Waals surface area contributed by atoms with Gasteiger partial charge in [0.25, 0.3) is 17.6 Å². The molecule has 27 heavy (non-hydrogen) atoms. The zero-order valence-electron chi connectivity index (χ0n) is 14.5. The zero-order valence-corrected chi connectivity index (χ0v) is 14.5. The molecule has 1 aliphatic rings. The lowest BCUT2D eigenvalue weighted by atomic mass is 10.1. The first kappa shape index (κ1) is 16.9. The molecule has 140 valence electrons. The molecule has 0 bridgehead atoms. The number of nitrogens with two attached hydrogens (primary N) is 2. The van der Waals surface area contributed by atoms with Crippen molar-refractivity contribution in [2.75, 3.05) is 24.7 Å². The molecule has 1 aromatic carbocycles. The van der Waals surface area contributed by atoms with Gasteiger partial charge >= 0.3 is 0 Å². The molecular formula is C17H18N6O4. The number of methoxy groups -OCH3 is 1.